The number of imidazole rings is 1. The van der Waals surface area contributed by atoms with Crippen molar-refractivity contribution in [1.82, 2.24) is 39.8 Å². The maximum atomic E-state index is 15.7. The zero-order valence-corrected chi connectivity index (χ0v) is 36.5. The second kappa shape index (κ2) is 19.2. The predicted molar refractivity (Wildman–Crippen MR) is 226 cm³/mol. The molecule has 16 nitrogen and oxygen atoms in total. The molecular formula is C42H54ClF2N10O6+. The number of hydrogen-bond donors (Lipinski definition) is 3. The van der Waals surface area contributed by atoms with Crippen LogP contribution in [0.25, 0.3) is 22.4 Å². The number of ether oxygens (including phenoxy) is 1. The summed E-state index contributed by atoms with van der Waals surface area (Å²) in [7, 11) is 7.09. The zero-order chi connectivity index (χ0) is 44.8. The summed E-state index contributed by atoms with van der Waals surface area (Å²) in [5.41, 5.74) is 1.25. The summed E-state index contributed by atoms with van der Waals surface area (Å²) in [6, 6.07) is 7.11. The summed E-state index contributed by atoms with van der Waals surface area (Å²) in [5.74, 6) is -3.01. The normalized spacial score (nSPS) is 16.0. The van der Waals surface area contributed by atoms with Crippen molar-refractivity contribution in [2.75, 3.05) is 72.3 Å². The Labute approximate surface area is 358 Å². The molecule has 2 aliphatic heterocycles. The molecule has 3 N–H and O–H groups in total. The van der Waals surface area contributed by atoms with Gasteiger partial charge < -0.3 is 39.5 Å². The van der Waals surface area contributed by atoms with Gasteiger partial charge in [-0.1, -0.05) is 17.7 Å². The highest BCUT2D eigenvalue weighted by molar-refractivity contribution is 6.34. The van der Waals surface area contributed by atoms with E-state index in [1.165, 1.54) is 55.4 Å². The monoisotopic (exact) mass is 867 g/mol. The fourth-order valence-corrected chi connectivity index (χ4v) is 7.68. The smallest absolute Gasteiger partial charge is 0.315 e. The molecule has 1 unspecified atom stereocenters. The molecule has 6 rings (SSSR count). The third-order valence-corrected chi connectivity index (χ3v) is 10.9. The summed E-state index contributed by atoms with van der Waals surface area (Å²) in [5, 5.41) is 12.7. The number of halogens is 3. The van der Waals surface area contributed by atoms with E-state index >= 15 is 8.78 Å². The van der Waals surface area contributed by atoms with Crippen LogP contribution < -0.4 is 16.0 Å². The molecule has 61 heavy (non-hydrogen) atoms. The van der Waals surface area contributed by atoms with E-state index in [-0.39, 0.29) is 63.5 Å². The van der Waals surface area contributed by atoms with Crippen molar-refractivity contribution >= 4 is 47.5 Å². The summed E-state index contributed by atoms with van der Waals surface area (Å²) in [6.07, 6.45) is 3.61. The lowest BCUT2D eigenvalue weighted by Crippen LogP contribution is -2.52. The Morgan fingerprint density at radius 2 is 1.62 bits per heavy atom. The van der Waals surface area contributed by atoms with Crippen molar-refractivity contribution in [1.29, 1.82) is 0 Å². The lowest BCUT2D eigenvalue weighted by molar-refractivity contribution is -0.878. The first-order valence-electron chi connectivity index (χ1n) is 19.8. The molecule has 5 amide bonds. The standard InChI is InChI=1S/C40H49ClF2N10O4.C2H4O2/c1-24-30(21-46-52(24)14-13-44-39(57)48-40(2,3)4)27-10-11-29(34(43)33(27)42)32-22-45-35(49(32)5)36(54)47-26-8-9-28(31(41)20-26)38(56)51-17-15-50(16-18-51)37(55)25-12-19-53(6,7)23-25;1-4-2-3/h8-11,20-22,25H,12-19,23H2,1-7H3,(H2-,44,47,48,54,56,57);2H,1H3/p+1. The van der Waals surface area contributed by atoms with Crippen molar-refractivity contribution in [2.45, 2.75) is 46.2 Å². The van der Waals surface area contributed by atoms with Crippen molar-refractivity contribution in [2.24, 2.45) is 13.0 Å². The number of amides is 5. The van der Waals surface area contributed by atoms with Crippen molar-refractivity contribution in [3.8, 4) is 22.4 Å². The molecular weight excluding hydrogens is 814 g/mol. The maximum absolute atomic E-state index is 15.7. The van der Waals surface area contributed by atoms with E-state index in [1.54, 1.807) is 22.6 Å². The number of nitrogens with one attached hydrogen (secondary N) is 3. The maximum Gasteiger partial charge on any atom is 0.315 e. The van der Waals surface area contributed by atoms with Gasteiger partial charge in [-0.2, -0.15) is 5.10 Å². The molecule has 0 bridgehead atoms. The van der Waals surface area contributed by atoms with Crippen LogP contribution in [0.15, 0.2) is 42.7 Å². The number of anilines is 1. The Bertz CT molecular complexity index is 2280. The van der Waals surface area contributed by atoms with Crippen LogP contribution >= 0.6 is 11.6 Å². The second-order valence-electron chi connectivity index (χ2n) is 16.7. The predicted octanol–water partition coefficient (Wildman–Crippen LogP) is 4.71. The number of rotatable bonds is 10. The van der Waals surface area contributed by atoms with Crippen LogP contribution in [-0.4, -0.2) is 136 Å². The third kappa shape index (κ3) is 11.1. The molecule has 0 saturated carbocycles. The van der Waals surface area contributed by atoms with Gasteiger partial charge in [0.05, 0.1) is 75.4 Å². The van der Waals surface area contributed by atoms with Gasteiger partial charge in [-0.25, -0.2) is 18.6 Å². The van der Waals surface area contributed by atoms with E-state index in [9.17, 15) is 19.2 Å². The number of carbonyl (C=O) groups excluding carboxylic acids is 5. The molecule has 0 aliphatic carbocycles. The molecule has 2 fully saturated rings. The summed E-state index contributed by atoms with van der Waals surface area (Å²) in [6.45, 7) is 11.8. The van der Waals surface area contributed by atoms with Gasteiger partial charge in [-0.15, -0.1) is 0 Å². The average Bonchev–Trinajstić information content (AvgIpc) is 3.89. The molecule has 0 radical (unpaired) electrons. The molecule has 2 aliphatic rings. The van der Waals surface area contributed by atoms with Crippen LogP contribution in [0.5, 0.6) is 0 Å². The lowest BCUT2D eigenvalue weighted by atomic mass is 10.0. The van der Waals surface area contributed by atoms with Crippen LogP contribution in [0.3, 0.4) is 0 Å². The highest BCUT2D eigenvalue weighted by atomic mass is 35.5. The quantitative estimate of drug-likeness (QED) is 0.152. The van der Waals surface area contributed by atoms with E-state index < -0.39 is 23.1 Å². The minimum absolute atomic E-state index is 0.0105. The highest BCUT2D eigenvalue weighted by Crippen LogP contribution is 2.33. The average molecular weight is 868 g/mol. The zero-order valence-electron chi connectivity index (χ0n) is 35.8. The Hall–Kier alpha value is -5.88. The fraction of sp³-hybridized carbons (Fsp3) is 0.452. The number of benzene rings is 2. The fourth-order valence-electron chi connectivity index (χ4n) is 7.42. The number of carbonyl (C=O) groups is 5. The van der Waals surface area contributed by atoms with Crippen LogP contribution in [0.2, 0.25) is 5.02 Å². The highest BCUT2D eigenvalue weighted by Gasteiger charge is 2.39. The molecule has 1 atom stereocenters. The Kier molecular flexibility index (Phi) is 14.6. The molecule has 0 spiro atoms. The van der Waals surface area contributed by atoms with Crippen LogP contribution in [-0.2, 0) is 27.9 Å². The number of hydrogen-bond acceptors (Lipinski definition) is 8. The van der Waals surface area contributed by atoms with Gasteiger partial charge in [0, 0.05) is 79.8 Å². The number of aromatic nitrogens is 4. The summed E-state index contributed by atoms with van der Waals surface area (Å²) < 4.78 is 39.0. The van der Waals surface area contributed by atoms with Crippen molar-refractivity contribution in [3.63, 3.8) is 0 Å². The molecule has 4 heterocycles. The SMILES string of the molecule is COC=O.Cc1c(-c2ccc(-c3cnc(C(=O)Nc4ccc(C(=O)N5CCN(C(=O)C6CC[N+](C)(C)C6)CC5)c(Cl)c4)n3C)c(F)c2F)cnn1CCNC(=O)NC(C)(C)C. The van der Waals surface area contributed by atoms with Crippen LogP contribution in [0.4, 0.5) is 19.3 Å². The number of piperazine rings is 1. The Morgan fingerprint density at radius 1 is 0.984 bits per heavy atom. The third-order valence-electron chi connectivity index (χ3n) is 10.6. The van der Waals surface area contributed by atoms with Crippen LogP contribution in [0, 0.1) is 24.5 Å². The molecule has 2 aromatic carbocycles. The van der Waals surface area contributed by atoms with Crippen molar-refractivity contribution in [3.05, 3.63) is 76.5 Å². The van der Waals surface area contributed by atoms with E-state index in [2.05, 4.69) is 44.9 Å². The largest absolute Gasteiger partial charge is 0.471 e. The number of urea groups is 1. The van der Waals surface area contributed by atoms with Gasteiger partial charge in [-0.3, -0.25) is 23.9 Å². The minimum Gasteiger partial charge on any atom is -0.471 e. The number of nitrogens with zero attached hydrogens (tertiary/aromatic N) is 7. The number of likely N-dealkylation sites (tertiary alicyclic amines) is 1. The lowest BCUT2D eigenvalue weighted by Gasteiger charge is -2.36. The molecule has 19 heteroatoms. The first-order valence-corrected chi connectivity index (χ1v) is 20.2. The second-order valence-corrected chi connectivity index (χ2v) is 17.1. The number of methoxy groups -OCH3 is 1. The van der Waals surface area contributed by atoms with Gasteiger partial charge in [-0.05, 0) is 52.0 Å². The van der Waals surface area contributed by atoms with E-state index in [0.717, 1.165) is 24.0 Å². The van der Waals surface area contributed by atoms with E-state index in [1.807, 2.05) is 25.7 Å². The van der Waals surface area contributed by atoms with Gasteiger partial charge in [0.2, 0.25) is 5.91 Å². The van der Waals surface area contributed by atoms with Gasteiger partial charge >= 0.3 is 6.03 Å². The van der Waals surface area contributed by atoms with Gasteiger partial charge in [0.1, 0.15) is 0 Å². The first-order chi connectivity index (χ1) is 28.7. The van der Waals surface area contributed by atoms with Crippen LogP contribution in [0.1, 0.15) is 53.9 Å². The van der Waals surface area contributed by atoms with Crippen molar-refractivity contribution < 1.29 is 42.0 Å². The summed E-state index contributed by atoms with van der Waals surface area (Å²) in [4.78, 5) is 68.6. The Balaban J connectivity index is 0.00000168. The molecule has 4 aromatic rings. The molecule has 2 saturated heterocycles. The minimum atomic E-state index is -1.12. The number of quaternary nitrogens is 1. The summed E-state index contributed by atoms with van der Waals surface area (Å²) >= 11 is 6.55. The topological polar surface area (TPSA) is 173 Å². The first kappa shape index (κ1) is 46.2. The van der Waals surface area contributed by atoms with Gasteiger partial charge in [0.15, 0.2) is 17.5 Å². The van der Waals surface area contributed by atoms with Gasteiger partial charge in [0.25, 0.3) is 18.3 Å². The van der Waals surface area contributed by atoms with E-state index in [4.69, 9.17) is 16.4 Å². The molecule has 328 valence electrons. The van der Waals surface area contributed by atoms with E-state index in [0.29, 0.717) is 56.1 Å². The Morgan fingerprint density at radius 3 is 2.23 bits per heavy atom. The molecule has 2 aromatic heterocycles.